The Labute approximate surface area is 152 Å². The summed E-state index contributed by atoms with van der Waals surface area (Å²) in [4.78, 5) is 26.9. The second-order valence-corrected chi connectivity index (χ2v) is 6.76. The molecule has 2 heterocycles. The minimum Gasteiger partial charge on any atom is -0.466 e. The molecule has 1 aromatic carbocycles. The molecule has 1 N–H and O–H groups in total. The van der Waals surface area contributed by atoms with Crippen molar-refractivity contribution in [2.75, 3.05) is 13.1 Å². The zero-order chi connectivity index (χ0) is 18.7. The lowest BCUT2D eigenvalue weighted by Crippen LogP contribution is -2.45. The molecule has 26 heavy (non-hydrogen) atoms. The third-order valence-electron chi connectivity index (χ3n) is 4.73. The van der Waals surface area contributed by atoms with Gasteiger partial charge < -0.3 is 14.6 Å². The van der Waals surface area contributed by atoms with Crippen molar-refractivity contribution in [2.24, 2.45) is 5.92 Å². The first-order valence-corrected chi connectivity index (χ1v) is 8.82. The average Bonchev–Trinajstić information content (AvgIpc) is 2.98. The van der Waals surface area contributed by atoms with Crippen molar-refractivity contribution in [3.05, 3.63) is 58.8 Å². The molecule has 138 valence electrons. The number of halogens is 1. The van der Waals surface area contributed by atoms with Crippen LogP contribution in [0.2, 0.25) is 0 Å². The summed E-state index contributed by atoms with van der Waals surface area (Å²) in [6.45, 7) is 4.98. The number of nitrogens with one attached hydrogen (secondary N) is 1. The van der Waals surface area contributed by atoms with E-state index in [1.54, 1.807) is 30.0 Å². The van der Waals surface area contributed by atoms with Gasteiger partial charge in [0.15, 0.2) is 0 Å². The second-order valence-electron chi connectivity index (χ2n) is 6.76. The Morgan fingerprint density at radius 2 is 2.00 bits per heavy atom. The number of piperidine rings is 1. The Bertz CT molecular complexity index is 798. The molecule has 3 rings (SSSR count). The molecule has 0 bridgehead atoms. The molecule has 0 aliphatic carbocycles. The van der Waals surface area contributed by atoms with Crippen molar-refractivity contribution in [3.8, 4) is 0 Å². The Morgan fingerprint density at radius 3 is 2.65 bits per heavy atom. The van der Waals surface area contributed by atoms with Gasteiger partial charge in [0, 0.05) is 19.6 Å². The summed E-state index contributed by atoms with van der Waals surface area (Å²) in [6.07, 6.45) is 1.54. The first-order chi connectivity index (χ1) is 12.4. The van der Waals surface area contributed by atoms with E-state index in [0.717, 1.165) is 18.4 Å². The summed E-state index contributed by atoms with van der Waals surface area (Å²) in [7, 11) is 0. The molecule has 6 heteroatoms. The highest BCUT2D eigenvalue weighted by atomic mass is 19.1. The summed E-state index contributed by atoms with van der Waals surface area (Å²) in [5.74, 6) is 0.613. The van der Waals surface area contributed by atoms with Gasteiger partial charge in [-0.1, -0.05) is 12.1 Å². The van der Waals surface area contributed by atoms with Gasteiger partial charge in [-0.05, 0) is 50.5 Å². The van der Waals surface area contributed by atoms with Gasteiger partial charge in [0.25, 0.3) is 5.91 Å². The SMILES string of the molecule is Cc1cc(C(=O)N2CCC[C@@H](C(=O)NCc3ccc(F)cc3)C2)c(C)o1. The maximum Gasteiger partial charge on any atom is 0.257 e. The fraction of sp³-hybridized carbons (Fsp3) is 0.400. The molecule has 1 aliphatic rings. The van der Waals surface area contributed by atoms with Gasteiger partial charge in [0.1, 0.15) is 17.3 Å². The van der Waals surface area contributed by atoms with Crippen LogP contribution in [0.25, 0.3) is 0 Å². The highest BCUT2D eigenvalue weighted by Crippen LogP contribution is 2.22. The van der Waals surface area contributed by atoms with Crippen molar-refractivity contribution in [1.82, 2.24) is 10.2 Å². The third kappa shape index (κ3) is 4.12. The van der Waals surface area contributed by atoms with Gasteiger partial charge in [0.05, 0.1) is 11.5 Å². The summed E-state index contributed by atoms with van der Waals surface area (Å²) in [5.41, 5.74) is 1.41. The summed E-state index contributed by atoms with van der Waals surface area (Å²) >= 11 is 0. The van der Waals surface area contributed by atoms with E-state index in [0.29, 0.717) is 36.7 Å². The highest BCUT2D eigenvalue weighted by molar-refractivity contribution is 5.95. The minimum atomic E-state index is -0.300. The molecule has 1 saturated heterocycles. The number of hydrogen-bond donors (Lipinski definition) is 1. The van der Waals surface area contributed by atoms with Crippen molar-refractivity contribution < 1.29 is 18.4 Å². The third-order valence-corrected chi connectivity index (χ3v) is 4.73. The van der Waals surface area contributed by atoms with Gasteiger partial charge in [0.2, 0.25) is 5.91 Å². The maximum atomic E-state index is 12.9. The van der Waals surface area contributed by atoms with Gasteiger partial charge in [-0.3, -0.25) is 9.59 Å². The Hall–Kier alpha value is -2.63. The number of amides is 2. The maximum absolute atomic E-state index is 12.9. The van der Waals surface area contributed by atoms with Crippen LogP contribution in [0.3, 0.4) is 0 Å². The lowest BCUT2D eigenvalue weighted by Gasteiger charge is -2.32. The van der Waals surface area contributed by atoms with E-state index >= 15 is 0 Å². The van der Waals surface area contributed by atoms with Crippen molar-refractivity contribution >= 4 is 11.8 Å². The predicted octanol–water partition coefficient (Wildman–Crippen LogP) is 3.20. The molecule has 5 nitrogen and oxygen atoms in total. The van der Waals surface area contributed by atoms with E-state index in [-0.39, 0.29) is 23.5 Å². The quantitative estimate of drug-likeness (QED) is 0.913. The molecule has 1 fully saturated rings. The molecular weight excluding hydrogens is 335 g/mol. The van der Waals surface area contributed by atoms with E-state index in [1.807, 2.05) is 6.92 Å². The van der Waals surface area contributed by atoms with E-state index in [2.05, 4.69) is 5.32 Å². The Morgan fingerprint density at radius 1 is 1.27 bits per heavy atom. The number of hydrogen-bond acceptors (Lipinski definition) is 3. The molecule has 1 atom stereocenters. The van der Waals surface area contributed by atoms with Crippen LogP contribution < -0.4 is 5.32 Å². The number of furan rings is 1. The monoisotopic (exact) mass is 358 g/mol. The number of aryl methyl sites for hydroxylation is 2. The number of rotatable bonds is 4. The van der Waals surface area contributed by atoms with Gasteiger partial charge in [-0.2, -0.15) is 0 Å². The molecule has 2 amide bonds. The number of likely N-dealkylation sites (tertiary alicyclic amines) is 1. The largest absolute Gasteiger partial charge is 0.466 e. The number of carbonyl (C=O) groups is 2. The van der Waals surface area contributed by atoms with Gasteiger partial charge in [-0.15, -0.1) is 0 Å². The second kappa shape index (κ2) is 7.72. The van der Waals surface area contributed by atoms with Crippen LogP contribution in [0.5, 0.6) is 0 Å². The van der Waals surface area contributed by atoms with Crippen molar-refractivity contribution in [3.63, 3.8) is 0 Å². The van der Waals surface area contributed by atoms with Crippen LogP contribution in [-0.4, -0.2) is 29.8 Å². The first kappa shape index (κ1) is 18.2. The normalized spacial score (nSPS) is 17.2. The summed E-state index contributed by atoms with van der Waals surface area (Å²) in [6, 6.07) is 7.79. The molecule has 0 radical (unpaired) electrons. The summed E-state index contributed by atoms with van der Waals surface area (Å²) < 4.78 is 18.4. The smallest absolute Gasteiger partial charge is 0.257 e. The van der Waals surface area contributed by atoms with Crippen LogP contribution in [0, 0.1) is 25.6 Å². The zero-order valence-electron chi connectivity index (χ0n) is 15.0. The fourth-order valence-corrected chi connectivity index (χ4v) is 3.32. The number of benzene rings is 1. The van der Waals surface area contributed by atoms with E-state index < -0.39 is 0 Å². The molecular formula is C20H23FN2O3. The average molecular weight is 358 g/mol. The number of carbonyl (C=O) groups excluding carboxylic acids is 2. The van der Waals surface area contributed by atoms with Gasteiger partial charge >= 0.3 is 0 Å². The van der Waals surface area contributed by atoms with E-state index in [1.165, 1.54) is 12.1 Å². The standard InChI is InChI=1S/C20H23FN2O3/c1-13-10-18(14(2)26-13)20(25)23-9-3-4-16(12-23)19(24)22-11-15-5-7-17(21)8-6-15/h5-8,10,16H,3-4,9,11-12H2,1-2H3,(H,22,24)/t16-/m1/s1. The Kier molecular flexibility index (Phi) is 5.40. The molecule has 1 aliphatic heterocycles. The molecule has 0 spiro atoms. The molecule has 0 saturated carbocycles. The van der Waals surface area contributed by atoms with Crippen LogP contribution >= 0.6 is 0 Å². The topological polar surface area (TPSA) is 62.6 Å². The van der Waals surface area contributed by atoms with Crippen molar-refractivity contribution in [2.45, 2.75) is 33.2 Å². The van der Waals surface area contributed by atoms with Crippen LogP contribution in [-0.2, 0) is 11.3 Å². The fourth-order valence-electron chi connectivity index (χ4n) is 3.32. The Balaban J connectivity index is 1.58. The highest BCUT2D eigenvalue weighted by Gasteiger charge is 2.30. The van der Waals surface area contributed by atoms with Crippen LogP contribution in [0.1, 0.15) is 40.3 Å². The molecule has 1 aromatic heterocycles. The lowest BCUT2D eigenvalue weighted by atomic mass is 9.96. The van der Waals surface area contributed by atoms with Crippen molar-refractivity contribution in [1.29, 1.82) is 0 Å². The van der Waals surface area contributed by atoms with E-state index in [9.17, 15) is 14.0 Å². The van der Waals surface area contributed by atoms with Crippen LogP contribution in [0.4, 0.5) is 4.39 Å². The zero-order valence-corrected chi connectivity index (χ0v) is 15.0. The molecule has 2 aromatic rings. The predicted molar refractivity (Wildman–Crippen MR) is 95.1 cm³/mol. The molecule has 0 unspecified atom stereocenters. The van der Waals surface area contributed by atoms with Gasteiger partial charge in [-0.25, -0.2) is 4.39 Å². The first-order valence-electron chi connectivity index (χ1n) is 8.82. The van der Waals surface area contributed by atoms with Crippen LogP contribution in [0.15, 0.2) is 34.7 Å². The number of nitrogens with zero attached hydrogens (tertiary/aromatic N) is 1. The van der Waals surface area contributed by atoms with E-state index in [4.69, 9.17) is 4.42 Å². The minimum absolute atomic E-state index is 0.0769. The summed E-state index contributed by atoms with van der Waals surface area (Å²) in [5, 5.41) is 2.89. The lowest BCUT2D eigenvalue weighted by molar-refractivity contribution is -0.126.